The van der Waals surface area contributed by atoms with Crippen LogP contribution in [-0.4, -0.2) is 29.3 Å². The number of benzene rings is 1. The molecule has 0 aromatic heterocycles. The first-order chi connectivity index (χ1) is 9.31. The number of carbonyl (C=O) groups is 1. The second-order valence-corrected chi connectivity index (χ2v) is 5.00. The van der Waals surface area contributed by atoms with E-state index in [9.17, 15) is 4.79 Å². The van der Waals surface area contributed by atoms with Gasteiger partial charge in [-0.1, -0.05) is 17.3 Å². The Hall–Kier alpha value is -2.44. The minimum atomic E-state index is -0.589. The molecular weight excluding hydrogens is 262 g/mol. The summed E-state index contributed by atoms with van der Waals surface area (Å²) in [6.45, 7) is 5.22. The van der Waals surface area contributed by atoms with Crippen molar-refractivity contribution in [3.8, 4) is 5.75 Å². The summed E-state index contributed by atoms with van der Waals surface area (Å²) in [6.07, 6.45) is -0.586. The first-order valence-electron chi connectivity index (χ1n) is 6.00. The van der Waals surface area contributed by atoms with Crippen LogP contribution >= 0.6 is 0 Å². The molecular formula is C13H19N3O4. The number of anilines is 1. The zero-order chi connectivity index (χ0) is 15.2. The fourth-order valence-corrected chi connectivity index (χ4v) is 1.29. The van der Waals surface area contributed by atoms with E-state index in [0.29, 0.717) is 11.4 Å². The van der Waals surface area contributed by atoms with Gasteiger partial charge in [0.15, 0.2) is 5.84 Å². The van der Waals surface area contributed by atoms with Gasteiger partial charge in [0.25, 0.3) is 0 Å². The Balaban J connectivity index is 2.73. The number of nitrogens with two attached hydrogens (primary N) is 1. The quantitative estimate of drug-likeness (QED) is 0.339. The van der Waals surface area contributed by atoms with Crippen LogP contribution in [0.25, 0.3) is 0 Å². The maximum absolute atomic E-state index is 11.7. The number of amides is 1. The van der Waals surface area contributed by atoms with Gasteiger partial charge in [-0.05, 0) is 32.9 Å². The van der Waals surface area contributed by atoms with Crippen LogP contribution < -0.4 is 15.8 Å². The highest BCUT2D eigenvalue weighted by Crippen LogP contribution is 2.24. The Morgan fingerprint density at radius 1 is 1.40 bits per heavy atom. The first-order valence-corrected chi connectivity index (χ1v) is 6.00. The standard InChI is InChI=1S/C13H19N3O4/c1-13(2,3)20-12(17)15-9-6-4-5-7-10(9)19-8-11(14)16-18/h4-7,18H,8H2,1-3H3,(H2,14,16)(H,15,17). The highest BCUT2D eigenvalue weighted by molar-refractivity contribution is 5.87. The number of carbonyl (C=O) groups excluding carboxylic acids is 1. The molecule has 0 unspecified atom stereocenters. The molecule has 110 valence electrons. The van der Waals surface area contributed by atoms with E-state index in [1.165, 1.54) is 0 Å². The number of amidine groups is 1. The van der Waals surface area contributed by atoms with Crippen molar-refractivity contribution in [2.45, 2.75) is 26.4 Å². The SMILES string of the molecule is CC(C)(C)OC(=O)Nc1ccccc1OCC(N)=NO. The lowest BCUT2D eigenvalue weighted by molar-refractivity contribution is 0.0635. The Labute approximate surface area is 117 Å². The predicted molar refractivity (Wildman–Crippen MR) is 75.2 cm³/mol. The fraction of sp³-hybridized carbons (Fsp3) is 0.385. The molecule has 1 rings (SSSR count). The molecule has 0 bridgehead atoms. The normalized spacial score (nSPS) is 11.8. The summed E-state index contributed by atoms with van der Waals surface area (Å²) in [5.74, 6) is 0.321. The molecule has 0 saturated heterocycles. The average Bonchev–Trinajstić information content (AvgIpc) is 2.35. The molecule has 20 heavy (non-hydrogen) atoms. The van der Waals surface area contributed by atoms with Gasteiger partial charge in [-0.25, -0.2) is 4.79 Å². The molecule has 1 aromatic rings. The molecule has 7 heteroatoms. The Kier molecular flexibility index (Phi) is 5.19. The van der Waals surface area contributed by atoms with Gasteiger partial charge in [-0.15, -0.1) is 0 Å². The van der Waals surface area contributed by atoms with Crippen molar-refractivity contribution in [3.05, 3.63) is 24.3 Å². The van der Waals surface area contributed by atoms with Crippen molar-refractivity contribution in [1.82, 2.24) is 0 Å². The Bertz CT molecular complexity index is 495. The van der Waals surface area contributed by atoms with Gasteiger partial charge in [-0.3, -0.25) is 5.32 Å². The van der Waals surface area contributed by atoms with Crippen LogP contribution in [0.15, 0.2) is 29.4 Å². The Morgan fingerprint density at radius 2 is 2.05 bits per heavy atom. The summed E-state index contributed by atoms with van der Waals surface area (Å²) < 4.78 is 10.5. The summed E-state index contributed by atoms with van der Waals surface area (Å²) in [6, 6.07) is 6.79. The van der Waals surface area contributed by atoms with Crippen LogP contribution in [0.1, 0.15) is 20.8 Å². The number of nitrogens with zero attached hydrogens (tertiary/aromatic N) is 1. The minimum Gasteiger partial charge on any atom is -0.483 e. The number of oxime groups is 1. The molecule has 0 radical (unpaired) electrons. The van der Waals surface area contributed by atoms with Gasteiger partial charge in [0.2, 0.25) is 0 Å². The number of hydrogen-bond donors (Lipinski definition) is 3. The van der Waals surface area contributed by atoms with E-state index < -0.39 is 11.7 Å². The van der Waals surface area contributed by atoms with Crippen molar-refractivity contribution in [3.63, 3.8) is 0 Å². The largest absolute Gasteiger partial charge is 0.483 e. The minimum absolute atomic E-state index is 0.0722. The third-order valence-electron chi connectivity index (χ3n) is 2.03. The van der Waals surface area contributed by atoms with Crippen molar-refractivity contribution < 1.29 is 19.5 Å². The number of rotatable bonds is 4. The molecule has 4 N–H and O–H groups in total. The highest BCUT2D eigenvalue weighted by Gasteiger charge is 2.17. The lowest BCUT2D eigenvalue weighted by atomic mass is 10.2. The van der Waals surface area contributed by atoms with E-state index >= 15 is 0 Å². The number of nitrogens with one attached hydrogen (secondary N) is 1. The van der Waals surface area contributed by atoms with Crippen molar-refractivity contribution >= 4 is 17.6 Å². The monoisotopic (exact) mass is 281 g/mol. The van der Waals surface area contributed by atoms with Crippen LogP contribution in [0, 0.1) is 0 Å². The third kappa shape index (κ3) is 5.47. The molecule has 0 aliphatic carbocycles. The van der Waals surface area contributed by atoms with E-state index in [-0.39, 0.29) is 12.4 Å². The molecule has 7 nitrogen and oxygen atoms in total. The first kappa shape index (κ1) is 15.6. The smallest absolute Gasteiger partial charge is 0.412 e. The molecule has 1 aromatic carbocycles. The second-order valence-electron chi connectivity index (χ2n) is 5.00. The molecule has 0 spiro atoms. The molecule has 0 aliphatic heterocycles. The molecule has 0 aliphatic rings. The third-order valence-corrected chi connectivity index (χ3v) is 2.03. The molecule has 1 amide bonds. The van der Waals surface area contributed by atoms with Crippen molar-refractivity contribution in [2.24, 2.45) is 10.9 Å². The summed E-state index contributed by atoms with van der Waals surface area (Å²) in [5, 5.41) is 13.8. The van der Waals surface area contributed by atoms with Gasteiger partial charge >= 0.3 is 6.09 Å². The number of para-hydroxylation sites is 2. The number of ether oxygens (including phenoxy) is 2. The Morgan fingerprint density at radius 3 is 2.65 bits per heavy atom. The van der Waals surface area contributed by atoms with Crippen LogP contribution in [0.2, 0.25) is 0 Å². The zero-order valence-electron chi connectivity index (χ0n) is 11.7. The van der Waals surface area contributed by atoms with E-state index in [4.69, 9.17) is 20.4 Å². The fourth-order valence-electron chi connectivity index (χ4n) is 1.29. The van der Waals surface area contributed by atoms with Crippen molar-refractivity contribution in [1.29, 1.82) is 0 Å². The summed E-state index contributed by atoms with van der Waals surface area (Å²) in [7, 11) is 0. The van der Waals surface area contributed by atoms with Gasteiger partial charge in [0.1, 0.15) is 18.0 Å². The summed E-state index contributed by atoms with van der Waals surface area (Å²) >= 11 is 0. The molecule has 0 heterocycles. The van der Waals surface area contributed by atoms with E-state index in [0.717, 1.165) is 0 Å². The number of hydrogen-bond acceptors (Lipinski definition) is 5. The van der Waals surface area contributed by atoms with E-state index in [1.807, 2.05) is 0 Å². The van der Waals surface area contributed by atoms with E-state index in [1.54, 1.807) is 45.0 Å². The van der Waals surface area contributed by atoms with Crippen LogP contribution in [0.5, 0.6) is 5.75 Å². The maximum atomic E-state index is 11.7. The molecule has 0 fully saturated rings. The lowest BCUT2D eigenvalue weighted by Crippen LogP contribution is -2.27. The molecule has 0 saturated carbocycles. The van der Waals surface area contributed by atoms with Gasteiger partial charge in [0, 0.05) is 0 Å². The topological polar surface area (TPSA) is 106 Å². The van der Waals surface area contributed by atoms with Crippen LogP contribution in [0.4, 0.5) is 10.5 Å². The van der Waals surface area contributed by atoms with Gasteiger partial charge in [0.05, 0.1) is 5.69 Å². The average molecular weight is 281 g/mol. The van der Waals surface area contributed by atoms with Gasteiger partial charge in [-0.2, -0.15) is 0 Å². The second kappa shape index (κ2) is 6.65. The predicted octanol–water partition coefficient (Wildman–Crippen LogP) is 2.16. The maximum Gasteiger partial charge on any atom is 0.412 e. The highest BCUT2D eigenvalue weighted by atomic mass is 16.6. The summed E-state index contributed by atoms with van der Waals surface area (Å²) in [5.41, 5.74) is 5.17. The molecule has 0 atom stereocenters. The van der Waals surface area contributed by atoms with E-state index in [2.05, 4.69) is 10.5 Å². The van der Waals surface area contributed by atoms with Crippen molar-refractivity contribution in [2.75, 3.05) is 11.9 Å². The summed E-state index contributed by atoms with van der Waals surface area (Å²) in [4.78, 5) is 11.7. The lowest BCUT2D eigenvalue weighted by Gasteiger charge is -2.20. The van der Waals surface area contributed by atoms with Crippen LogP contribution in [0.3, 0.4) is 0 Å². The van der Waals surface area contributed by atoms with Crippen LogP contribution in [-0.2, 0) is 4.74 Å². The van der Waals surface area contributed by atoms with Gasteiger partial charge < -0.3 is 20.4 Å². The zero-order valence-corrected chi connectivity index (χ0v) is 11.7.